The van der Waals surface area contributed by atoms with Crippen LogP contribution >= 0.6 is 11.5 Å². The fraction of sp³-hybridized carbons (Fsp3) is 0.562. The van der Waals surface area contributed by atoms with Gasteiger partial charge in [0.2, 0.25) is 0 Å². The second-order valence-electron chi connectivity index (χ2n) is 5.99. The van der Waals surface area contributed by atoms with Gasteiger partial charge in [0.1, 0.15) is 0 Å². The molecule has 0 aliphatic carbocycles. The molecule has 1 unspecified atom stereocenters. The number of anilines is 1. The molecule has 2 aromatic rings. The SMILES string of the molecule is Cc1nnsc1C(C)NCC1CCN(c2ccncc2)CC1. The van der Waals surface area contributed by atoms with Crippen LogP contribution in [0.1, 0.15) is 36.4 Å². The van der Waals surface area contributed by atoms with Crippen molar-refractivity contribution in [3.8, 4) is 0 Å². The highest BCUT2D eigenvalue weighted by atomic mass is 32.1. The summed E-state index contributed by atoms with van der Waals surface area (Å²) in [5.41, 5.74) is 2.35. The number of piperidine rings is 1. The third kappa shape index (κ3) is 3.62. The number of rotatable bonds is 5. The van der Waals surface area contributed by atoms with Crippen LogP contribution in [0, 0.1) is 12.8 Å². The fourth-order valence-electron chi connectivity index (χ4n) is 3.02. The lowest BCUT2D eigenvalue weighted by atomic mass is 9.96. The summed E-state index contributed by atoms with van der Waals surface area (Å²) in [6.07, 6.45) is 6.22. The smallest absolute Gasteiger partial charge is 0.0772 e. The van der Waals surface area contributed by atoms with Crippen LogP contribution < -0.4 is 10.2 Å². The molecule has 2 aromatic heterocycles. The normalized spacial score (nSPS) is 17.6. The molecule has 1 N–H and O–H groups in total. The Hall–Kier alpha value is -1.53. The maximum atomic E-state index is 4.09. The van der Waals surface area contributed by atoms with Crippen LogP contribution in [0.25, 0.3) is 0 Å². The minimum absolute atomic E-state index is 0.346. The number of hydrogen-bond donors (Lipinski definition) is 1. The van der Waals surface area contributed by atoms with Gasteiger partial charge in [0.25, 0.3) is 0 Å². The lowest BCUT2D eigenvalue weighted by molar-refractivity contribution is 0.368. The second-order valence-corrected chi connectivity index (χ2v) is 6.77. The molecule has 118 valence electrons. The van der Waals surface area contributed by atoms with Crippen molar-refractivity contribution in [3.05, 3.63) is 35.1 Å². The van der Waals surface area contributed by atoms with Crippen LogP contribution in [-0.4, -0.2) is 34.2 Å². The van der Waals surface area contributed by atoms with E-state index >= 15 is 0 Å². The molecule has 0 amide bonds. The van der Waals surface area contributed by atoms with Crippen molar-refractivity contribution in [3.63, 3.8) is 0 Å². The lowest BCUT2D eigenvalue weighted by Crippen LogP contribution is -2.37. The second kappa shape index (κ2) is 7.15. The topological polar surface area (TPSA) is 53.9 Å². The zero-order valence-electron chi connectivity index (χ0n) is 13.2. The van der Waals surface area contributed by atoms with E-state index in [9.17, 15) is 0 Å². The molecule has 0 spiro atoms. The summed E-state index contributed by atoms with van der Waals surface area (Å²) in [4.78, 5) is 7.81. The maximum Gasteiger partial charge on any atom is 0.0772 e. The molecule has 5 nitrogen and oxygen atoms in total. The van der Waals surface area contributed by atoms with Gasteiger partial charge >= 0.3 is 0 Å². The van der Waals surface area contributed by atoms with Crippen molar-refractivity contribution in [1.29, 1.82) is 0 Å². The summed E-state index contributed by atoms with van der Waals surface area (Å²) in [6, 6.07) is 4.54. The van der Waals surface area contributed by atoms with E-state index in [2.05, 4.69) is 43.8 Å². The molecule has 0 bridgehead atoms. The molecule has 0 aromatic carbocycles. The molecule has 22 heavy (non-hydrogen) atoms. The molecule has 0 radical (unpaired) electrons. The molecule has 1 atom stereocenters. The Morgan fingerprint density at radius 3 is 2.68 bits per heavy atom. The van der Waals surface area contributed by atoms with Crippen LogP contribution in [0.4, 0.5) is 5.69 Å². The minimum atomic E-state index is 0.346. The maximum absolute atomic E-state index is 4.09. The van der Waals surface area contributed by atoms with Crippen molar-refractivity contribution in [2.24, 2.45) is 5.92 Å². The highest BCUT2D eigenvalue weighted by molar-refractivity contribution is 7.05. The number of nitrogens with zero attached hydrogens (tertiary/aromatic N) is 4. The molecule has 0 saturated carbocycles. The monoisotopic (exact) mass is 317 g/mol. The van der Waals surface area contributed by atoms with Crippen LogP contribution in [0.5, 0.6) is 0 Å². The highest BCUT2D eigenvalue weighted by Crippen LogP contribution is 2.24. The first kappa shape index (κ1) is 15.4. The van der Waals surface area contributed by atoms with E-state index in [1.54, 1.807) is 0 Å². The first-order valence-electron chi connectivity index (χ1n) is 7.91. The van der Waals surface area contributed by atoms with Crippen LogP contribution in [0.3, 0.4) is 0 Å². The molecule has 1 saturated heterocycles. The summed E-state index contributed by atoms with van der Waals surface area (Å²) < 4.78 is 4.02. The Morgan fingerprint density at radius 1 is 1.32 bits per heavy atom. The molecule has 3 heterocycles. The standard InChI is InChI=1S/C16H23N5S/c1-12(16-13(2)19-20-22-16)18-11-14-5-9-21(10-6-14)15-3-7-17-8-4-15/h3-4,7-8,12,14,18H,5-6,9-11H2,1-2H3. The van der Waals surface area contributed by atoms with E-state index in [1.807, 2.05) is 19.3 Å². The average molecular weight is 317 g/mol. The van der Waals surface area contributed by atoms with Gasteiger partial charge in [-0.15, -0.1) is 5.10 Å². The number of aryl methyl sites for hydroxylation is 1. The van der Waals surface area contributed by atoms with E-state index in [0.29, 0.717) is 6.04 Å². The van der Waals surface area contributed by atoms with Gasteiger partial charge in [-0.2, -0.15) is 0 Å². The van der Waals surface area contributed by atoms with Gasteiger partial charge in [-0.1, -0.05) is 4.49 Å². The van der Waals surface area contributed by atoms with Gasteiger partial charge < -0.3 is 10.2 Å². The molecular weight excluding hydrogens is 294 g/mol. The largest absolute Gasteiger partial charge is 0.371 e. The van der Waals surface area contributed by atoms with Crippen molar-refractivity contribution < 1.29 is 0 Å². The van der Waals surface area contributed by atoms with Crippen molar-refractivity contribution in [2.45, 2.75) is 32.7 Å². The molecule has 1 aliphatic heterocycles. The zero-order chi connectivity index (χ0) is 15.4. The summed E-state index contributed by atoms with van der Waals surface area (Å²) in [7, 11) is 0. The van der Waals surface area contributed by atoms with Crippen LogP contribution in [0.15, 0.2) is 24.5 Å². The van der Waals surface area contributed by atoms with Gasteiger partial charge in [-0.05, 0) is 62.8 Å². The van der Waals surface area contributed by atoms with Crippen molar-refractivity contribution in [2.75, 3.05) is 24.5 Å². The third-order valence-corrected chi connectivity index (χ3v) is 5.44. The average Bonchev–Trinajstić information content (AvgIpc) is 3.00. The van der Waals surface area contributed by atoms with Gasteiger partial charge in [-0.3, -0.25) is 4.98 Å². The van der Waals surface area contributed by atoms with Gasteiger partial charge in [-0.25, -0.2) is 0 Å². The summed E-state index contributed by atoms with van der Waals surface area (Å²) >= 11 is 1.50. The van der Waals surface area contributed by atoms with Crippen molar-refractivity contribution >= 4 is 17.2 Å². The molecule has 6 heteroatoms. The predicted octanol–water partition coefficient (Wildman–Crippen LogP) is 2.81. The third-order valence-electron chi connectivity index (χ3n) is 4.43. The molecule has 1 fully saturated rings. The van der Waals surface area contributed by atoms with E-state index in [-0.39, 0.29) is 0 Å². The number of nitrogens with one attached hydrogen (secondary N) is 1. The quantitative estimate of drug-likeness (QED) is 0.919. The Kier molecular flexibility index (Phi) is 5.00. The summed E-state index contributed by atoms with van der Waals surface area (Å²) in [6.45, 7) is 7.57. The summed E-state index contributed by atoms with van der Waals surface area (Å²) in [5.74, 6) is 0.752. The molecule has 3 rings (SSSR count). The Morgan fingerprint density at radius 2 is 2.05 bits per heavy atom. The molecular formula is C16H23N5S. The van der Waals surface area contributed by atoms with Gasteiger partial charge in [0.05, 0.1) is 10.6 Å². The number of hydrogen-bond acceptors (Lipinski definition) is 6. The minimum Gasteiger partial charge on any atom is -0.371 e. The molecule has 1 aliphatic rings. The summed E-state index contributed by atoms with van der Waals surface area (Å²) in [5, 5.41) is 7.74. The first-order valence-corrected chi connectivity index (χ1v) is 8.68. The van der Waals surface area contributed by atoms with Gasteiger partial charge in [0, 0.05) is 37.2 Å². The Balaban J connectivity index is 1.45. The first-order chi connectivity index (χ1) is 10.7. The van der Waals surface area contributed by atoms with Crippen LogP contribution in [0.2, 0.25) is 0 Å². The van der Waals surface area contributed by atoms with Crippen LogP contribution in [-0.2, 0) is 0 Å². The highest BCUT2D eigenvalue weighted by Gasteiger charge is 2.20. The number of pyridine rings is 1. The fourth-order valence-corrected chi connectivity index (χ4v) is 3.69. The zero-order valence-corrected chi connectivity index (χ0v) is 14.0. The Bertz CT molecular complexity index is 577. The van der Waals surface area contributed by atoms with E-state index in [1.165, 1.54) is 34.9 Å². The predicted molar refractivity (Wildman–Crippen MR) is 90.2 cm³/mol. The van der Waals surface area contributed by atoms with E-state index in [0.717, 1.165) is 31.2 Å². The number of aromatic nitrogens is 3. The van der Waals surface area contributed by atoms with E-state index in [4.69, 9.17) is 0 Å². The van der Waals surface area contributed by atoms with E-state index < -0.39 is 0 Å². The van der Waals surface area contributed by atoms with Gasteiger partial charge in [0.15, 0.2) is 0 Å². The lowest BCUT2D eigenvalue weighted by Gasteiger charge is -2.34. The van der Waals surface area contributed by atoms with Crippen molar-refractivity contribution in [1.82, 2.24) is 19.9 Å². The Labute approximate surface area is 135 Å².